The van der Waals surface area contributed by atoms with Gasteiger partial charge in [-0.3, -0.25) is 5.43 Å². The fraction of sp³-hybridized carbons (Fsp3) is 0.111. The zero-order valence-electron chi connectivity index (χ0n) is 13.4. The fourth-order valence-corrected chi connectivity index (χ4v) is 2.72. The van der Waals surface area contributed by atoms with Gasteiger partial charge in [-0.2, -0.15) is 5.10 Å². The first-order chi connectivity index (χ1) is 12.1. The normalized spacial score (nSPS) is 11.0. The predicted octanol–water partition coefficient (Wildman–Crippen LogP) is 4.75. The fourth-order valence-electron chi connectivity index (χ4n) is 2.08. The Bertz CT molecular complexity index is 858. The molecule has 0 saturated carbocycles. The van der Waals surface area contributed by atoms with E-state index in [1.165, 1.54) is 23.5 Å². The minimum absolute atomic E-state index is 0.0903. The number of nitrogens with one attached hydrogen (secondary N) is 1. The molecule has 25 heavy (non-hydrogen) atoms. The third-order valence-electron chi connectivity index (χ3n) is 3.20. The van der Waals surface area contributed by atoms with Gasteiger partial charge < -0.3 is 4.74 Å². The summed E-state index contributed by atoms with van der Waals surface area (Å²) in [6.45, 7) is 2.01. The van der Waals surface area contributed by atoms with Crippen LogP contribution in [-0.4, -0.2) is 11.2 Å². The van der Waals surface area contributed by atoms with Crippen LogP contribution in [0.3, 0.4) is 0 Å². The van der Waals surface area contributed by atoms with Gasteiger partial charge in [-0.15, -0.1) is 11.3 Å². The van der Waals surface area contributed by atoms with E-state index in [1.54, 1.807) is 18.3 Å². The summed E-state index contributed by atoms with van der Waals surface area (Å²) in [6.07, 6.45) is 1.67. The first-order valence-corrected chi connectivity index (χ1v) is 8.35. The van der Waals surface area contributed by atoms with Crippen molar-refractivity contribution >= 4 is 22.7 Å². The molecule has 2 aromatic carbocycles. The van der Waals surface area contributed by atoms with E-state index >= 15 is 0 Å². The molecule has 0 unspecified atom stereocenters. The highest BCUT2D eigenvalue weighted by Gasteiger charge is 2.02. The Morgan fingerprint density at radius 2 is 1.88 bits per heavy atom. The Kier molecular flexibility index (Phi) is 5.35. The van der Waals surface area contributed by atoms with Crippen LogP contribution >= 0.6 is 11.3 Å². The van der Waals surface area contributed by atoms with Crippen molar-refractivity contribution in [3.8, 4) is 5.75 Å². The Morgan fingerprint density at radius 1 is 1.16 bits per heavy atom. The van der Waals surface area contributed by atoms with Crippen LogP contribution in [0.5, 0.6) is 5.75 Å². The number of rotatable bonds is 6. The Hall–Kier alpha value is -2.80. The third kappa shape index (κ3) is 5.09. The largest absolute Gasteiger partial charge is 0.489 e. The molecule has 1 heterocycles. The number of nitrogens with zero attached hydrogens (tertiary/aromatic N) is 2. The van der Waals surface area contributed by atoms with Crippen LogP contribution in [0.2, 0.25) is 0 Å². The molecule has 0 radical (unpaired) electrons. The quantitative estimate of drug-likeness (QED) is 0.510. The lowest BCUT2D eigenvalue weighted by molar-refractivity contribution is 0.305. The third-order valence-corrected chi connectivity index (χ3v) is 4.07. The number of aromatic nitrogens is 1. The van der Waals surface area contributed by atoms with Crippen molar-refractivity contribution in [1.82, 2.24) is 4.98 Å². The van der Waals surface area contributed by atoms with Gasteiger partial charge in [0.1, 0.15) is 24.0 Å². The Morgan fingerprint density at radius 3 is 2.52 bits per heavy atom. The second-order valence-corrected chi connectivity index (χ2v) is 6.16. The molecular formula is C18H15F2N3OS. The van der Waals surface area contributed by atoms with Crippen molar-refractivity contribution in [1.29, 1.82) is 0 Å². The van der Waals surface area contributed by atoms with Crippen molar-refractivity contribution in [2.75, 3.05) is 5.43 Å². The summed E-state index contributed by atoms with van der Waals surface area (Å²) in [6, 6.07) is 10.5. The topological polar surface area (TPSA) is 46.5 Å². The maximum absolute atomic E-state index is 13.1. The maximum atomic E-state index is 13.1. The molecule has 0 spiro atoms. The summed E-state index contributed by atoms with van der Waals surface area (Å²) in [5, 5.41) is 6.79. The predicted molar refractivity (Wildman–Crippen MR) is 95.2 cm³/mol. The number of aryl methyl sites for hydroxylation is 1. The smallest absolute Gasteiger partial charge is 0.203 e. The second kappa shape index (κ2) is 7.85. The number of ether oxygens (including phenoxy) is 1. The number of hydrogen-bond donors (Lipinski definition) is 1. The number of hydrogen-bond acceptors (Lipinski definition) is 5. The van der Waals surface area contributed by atoms with Gasteiger partial charge in [0.2, 0.25) is 5.13 Å². The van der Waals surface area contributed by atoms with Crippen molar-refractivity contribution < 1.29 is 13.5 Å². The Balaban J connectivity index is 1.54. The van der Waals surface area contributed by atoms with E-state index in [-0.39, 0.29) is 6.61 Å². The van der Waals surface area contributed by atoms with Gasteiger partial charge in [-0.1, -0.05) is 0 Å². The van der Waals surface area contributed by atoms with Crippen LogP contribution in [0.1, 0.15) is 16.8 Å². The van der Waals surface area contributed by atoms with Gasteiger partial charge in [-0.05, 0) is 54.4 Å². The van der Waals surface area contributed by atoms with Gasteiger partial charge in [0, 0.05) is 11.4 Å². The lowest BCUT2D eigenvalue weighted by Gasteiger charge is -2.07. The zero-order valence-corrected chi connectivity index (χ0v) is 14.2. The van der Waals surface area contributed by atoms with E-state index < -0.39 is 11.6 Å². The minimum Gasteiger partial charge on any atom is -0.489 e. The van der Waals surface area contributed by atoms with Crippen molar-refractivity contribution in [3.63, 3.8) is 0 Å². The first-order valence-electron chi connectivity index (χ1n) is 7.47. The standard InChI is InChI=1S/C18H15F2N3OS/c1-12-11-25-18(22-12)23-21-9-13-2-4-17(5-3-13)24-10-14-6-15(19)8-16(20)7-14/h2-9,11H,10H2,1H3,(H,22,23). The lowest BCUT2D eigenvalue weighted by atomic mass is 10.2. The summed E-state index contributed by atoms with van der Waals surface area (Å²) in [4.78, 5) is 4.24. The molecular weight excluding hydrogens is 344 g/mol. The number of anilines is 1. The van der Waals surface area contributed by atoms with Crippen LogP contribution in [-0.2, 0) is 6.61 Å². The van der Waals surface area contributed by atoms with Crippen LogP contribution in [0.15, 0.2) is 52.9 Å². The van der Waals surface area contributed by atoms with Gasteiger partial charge in [0.25, 0.3) is 0 Å². The number of benzene rings is 2. The molecule has 4 nitrogen and oxygen atoms in total. The summed E-state index contributed by atoms with van der Waals surface area (Å²) in [5.74, 6) is -0.633. The molecule has 0 aliphatic heterocycles. The molecule has 7 heteroatoms. The van der Waals surface area contributed by atoms with E-state index in [0.29, 0.717) is 11.3 Å². The van der Waals surface area contributed by atoms with Crippen LogP contribution in [0.4, 0.5) is 13.9 Å². The van der Waals surface area contributed by atoms with E-state index in [4.69, 9.17) is 4.74 Å². The summed E-state index contributed by atoms with van der Waals surface area (Å²) in [5.41, 5.74) is 5.12. The number of thiazole rings is 1. The molecule has 0 bridgehead atoms. The zero-order chi connectivity index (χ0) is 17.6. The summed E-state index contributed by atoms with van der Waals surface area (Å²) >= 11 is 1.48. The average molecular weight is 359 g/mol. The van der Waals surface area contributed by atoms with Gasteiger partial charge >= 0.3 is 0 Å². The summed E-state index contributed by atoms with van der Waals surface area (Å²) < 4.78 is 31.8. The van der Waals surface area contributed by atoms with E-state index in [0.717, 1.165) is 22.5 Å². The molecule has 3 aromatic rings. The molecule has 128 valence electrons. The van der Waals surface area contributed by atoms with Gasteiger partial charge in [-0.25, -0.2) is 13.8 Å². The van der Waals surface area contributed by atoms with Crippen molar-refractivity contribution in [2.24, 2.45) is 5.10 Å². The average Bonchev–Trinajstić information content (AvgIpc) is 2.99. The molecule has 0 saturated heterocycles. The van der Waals surface area contributed by atoms with Crippen LogP contribution < -0.4 is 10.2 Å². The van der Waals surface area contributed by atoms with Crippen molar-refractivity contribution in [2.45, 2.75) is 13.5 Å². The van der Waals surface area contributed by atoms with Gasteiger partial charge in [0.15, 0.2) is 0 Å². The minimum atomic E-state index is -0.618. The molecule has 0 aliphatic rings. The number of halogens is 2. The highest BCUT2D eigenvalue weighted by atomic mass is 32.1. The molecule has 3 rings (SSSR count). The SMILES string of the molecule is Cc1csc(NN=Cc2ccc(OCc3cc(F)cc(F)c3)cc2)n1. The summed E-state index contributed by atoms with van der Waals surface area (Å²) in [7, 11) is 0. The van der Waals surface area contributed by atoms with Crippen LogP contribution in [0, 0.1) is 18.6 Å². The van der Waals surface area contributed by atoms with Crippen molar-refractivity contribution in [3.05, 3.63) is 76.3 Å². The highest BCUT2D eigenvalue weighted by molar-refractivity contribution is 7.13. The molecule has 1 aromatic heterocycles. The Labute approximate surface area is 147 Å². The second-order valence-electron chi connectivity index (χ2n) is 5.30. The maximum Gasteiger partial charge on any atom is 0.203 e. The molecule has 0 aliphatic carbocycles. The van der Waals surface area contributed by atoms with E-state index in [1.807, 2.05) is 24.4 Å². The molecule has 0 amide bonds. The van der Waals surface area contributed by atoms with E-state index in [2.05, 4.69) is 15.5 Å². The first kappa shape index (κ1) is 17.0. The van der Waals surface area contributed by atoms with Crippen LogP contribution in [0.25, 0.3) is 0 Å². The van der Waals surface area contributed by atoms with E-state index in [9.17, 15) is 8.78 Å². The lowest BCUT2D eigenvalue weighted by Crippen LogP contribution is -1.97. The molecule has 1 N–H and O–H groups in total. The van der Waals surface area contributed by atoms with Gasteiger partial charge in [0.05, 0.1) is 11.9 Å². The monoisotopic (exact) mass is 359 g/mol. The molecule has 0 atom stereocenters. The molecule has 0 fully saturated rings. The highest BCUT2D eigenvalue weighted by Crippen LogP contribution is 2.16. The number of hydrazone groups is 1.